The second kappa shape index (κ2) is 12.3. The van der Waals surface area contributed by atoms with E-state index in [-0.39, 0.29) is 17.7 Å². The first-order valence-corrected chi connectivity index (χ1v) is 8.81. The van der Waals surface area contributed by atoms with Crippen LogP contribution in [0.25, 0.3) is 0 Å². The number of rotatable bonds is 12. The maximum absolute atomic E-state index is 11.9. The van der Waals surface area contributed by atoms with Gasteiger partial charge in [-0.3, -0.25) is 0 Å². The van der Waals surface area contributed by atoms with Crippen molar-refractivity contribution in [1.29, 1.82) is 0 Å². The molecule has 1 aromatic rings. The zero-order valence-corrected chi connectivity index (χ0v) is 14.5. The van der Waals surface area contributed by atoms with Gasteiger partial charge in [0.15, 0.2) is 0 Å². The maximum atomic E-state index is 11.9. The van der Waals surface area contributed by atoms with Crippen molar-refractivity contribution >= 4 is 11.9 Å². The second-order valence-corrected chi connectivity index (χ2v) is 5.83. The number of hydrogen-bond acceptors (Lipinski definition) is 3. The summed E-state index contributed by atoms with van der Waals surface area (Å²) in [6.07, 6.45) is 13.7. The molecule has 0 radical (unpaired) electrons. The van der Waals surface area contributed by atoms with E-state index in [1.165, 1.54) is 50.7 Å². The van der Waals surface area contributed by atoms with Crippen LogP contribution in [0.3, 0.4) is 0 Å². The summed E-state index contributed by atoms with van der Waals surface area (Å²) in [6.45, 7) is 2.39. The molecule has 0 saturated heterocycles. The van der Waals surface area contributed by atoms with Crippen LogP contribution in [0.2, 0.25) is 0 Å². The molecule has 4 heteroatoms. The quantitative estimate of drug-likeness (QED) is 0.323. The van der Waals surface area contributed by atoms with E-state index in [1.807, 2.05) is 12.2 Å². The van der Waals surface area contributed by atoms with E-state index < -0.39 is 11.9 Å². The highest BCUT2D eigenvalue weighted by Gasteiger charge is 2.16. The van der Waals surface area contributed by atoms with Gasteiger partial charge in [-0.15, -0.1) is 0 Å². The van der Waals surface area contributed by atoms with Crippen LogP contribution >= 0.6 is 0 Å². The van der Waals surface area contributed by atoms with Gasteiger partial charge >= 0.3 is 11.9 Å². The van der Waals surface area contributed by atoms with Gasteiger partial charge < -0.3 is 9.84 Å². The Hall–Kier alpha value is -2.10. The molecule has 0 amide bonds. The Morgan fingerprint density at radius 1 is 0.958 bits per heavy atom. The van der Waals surface area contributed by atoms with Crippen LogP contribution in [0, 0.1) is 0 Å². The molecule has 0 unspecified atom stereocenters. The van der Waals surface area contributed by atoms with E-state index in [9.17, 15) is 9.59 Å². The Morgan fingerprint density at radius 2 is 1.58 bits per heavy atom. The van der Waals surface area contributed by atoms with E-state index in [2.05, 4.69) is 6.92 Å². The summed E-state index contributed by atoms with van der Waals surface area (Å²) in [5.74, 6) is -1.73. The summed E-state index contributed by atoms with van der Waals surface area (Å²) in [4.78, 5) is 23.0. The third-order valence-electron chi connectivity index (χ3n) is 3.83. The van der Waals surface area contributed by atoms with Crippen molar-refractivity contribution in [3.63, 3.8) is 0 Å². The number of hydrogen-bond donors (Lipinski definition) is 1. The summed E-state index contributed by atoms with van der Waals surface area (Å²) in [5, 5.41) is 9.05. The molecule has 132 valence electrons. The Bertz CT molecular complexity index is 534. The zero-order chi connectivity index (χ0) is 17.6. The van der Waals surface area contributed by atoms with Crippen molar-refractivity contribution in [3.05, 3.63) is 47.5 Å². The molecule has 0 bridgehead atoms. The summed E-state index contributed by atoms with van der Waals surface area (Å²) >= 11 is 0. The number of carbonyl (C=O) groups is 2. The van der Waals surface area contributed by atoms with Crippen molar-refractivity contribution in [2.75, 3.05) is 6.61 Å². The van der Waals surface area contributed by atoms with E-state index in [4.69, 9.17) is 9.84 Å². The minimum absolute atomic E-state index is 0.0328. The van der Waals surface area contributed by atoms with Crippen molar-refractivity contribution in [1.82, 2.24) is 0 Å². The lowest BCUT2D eigenvalue weighted by Gasteiger charge is -2.05. The van der Waals surface area contributed by atoms with E-state index in [1.54, 1.807) is 12.1 Å². The fourth-order valence-corrected chi connectivity index (χ4v) is 2.45. The number of ether oxygens (including phenoxy) is 1. The SMILES string of the molecule is CCCCCCCCC/C=C/COC(=O)c1ccccc1C(=O)O. The minimum Gasteiger partial charge on any atom is -0.478 e. The number of aromatic carboxylic acids is 1. The van der Waals surface area contributed by atoms with E-state index >= 15 is 0 Å². The number of carboxylic acids is 1. The van der Waals surface area contributed by atoms with Crippen molar-refractivity contribution in [3.8, 4) is 0 Å². The van der Waals surface area contributed by atoms with Gasteiger partial charge in [-0.2, -0.15) is 0 Å². The molecule has 4 nitrogen and oxygen atoms in total. The molecule has 0 aliphatic heterocycles. The molecule has 1 rings (SSSR count). The van der Waals surface area contributed by atoms with Crippen molar-refractivity contribution in [2.24, 2.45) is 0 Å². The van der Waals surface area contributed by atoms with Gasteiger partial charge in [0.2, 0.25) is 0 Å². The number of carbonyl (C=O) groups excluding carboxylic acids is 1. The van der Waals surface area contributed by atoms with Crippen LogP contribution in [-0.4, -0.2) is 23.7 Å². The predicted molar refractivity (Wildman–Crippen MR) is 95.4 cm³/mol. The third kappa shape index (κ3) is 7.95. The molecule has 0 aromatic heterocycles. The summed E-state index contributed by atoms with van der Waals surface area (Å²) in [5.41, 5.74) is 0.0556. The van der Waals surface area contributed by atoms with E-state index in [0.29, 0.717) is 0 Å². The highest BCUT2D eigenvalue weighted by molar-refractivity contribution is 6.02. The average molecular weight is 332 g/mol. The molecule has 0 fully saturated rings. The van der Waals surface area contributed by atoms with Gasteiger partial charge in [0, 0.05) is 0 Å². The normalized spacial score (nSPS) is 10.9. The second-order valence-electron chi connectivity index (χ2n) is 5.83. The third-order valence-corrected chi connectivity index (χ3v) is 3.83. The van der Waals surface area contributed by atoms with Gasteiger partial charge in [-0.1, -0.05) is 69.7 Å². The maximum Gasteiger partial charge on any atom is 0.339 e. The molecular weight excluding hydrogens is 304 g/mol. The standard InChI is InChI=1S/C20H28O4/c1-2-3-4-5-6-7-8-9-10-13-16-24-20(23)18-15-12-11-14-17(18)19(21)22/h10-15H,2-9,16H2,1H3,(H,21,22)/b13-10+. The molecule has 0 saturated carbocycles. The van der Waals surface area contributed by atoms with E-state index in [0.717, 1.165) is 12.8 Å². The number of allylic oxidation sites excluding steroid dienone is 1. The molecule has 0 aliphatic carbocycles. The van der Waals surface area contributed by atoms with Gasteiger partial charge in [0.05, 0.1) is 11.1 Å². The Morgan fingerprint density at radius 3 is 2.25 bits per heavy atom. The molecular formula is C20H28O4. The van der Waals surface area contributed by atoms with Crippen LogP contribution in [0.15, 0.2) is 36.4 Å². The fourth-order valence-electron chi connectivity index (χ4n) is 2.45. The number of benzene rings is 1. The number of carboxylic acid groups (broad SMARTS) is 1. The minimum atomic E-state index is -1.13. The number of unbranched alkanes of at least 4 members (excludes halogenated alkanes) is 7. The monoisotopic (exact) mass is 332 g/mol. The Kier molecular flexibility index (Phi) is 10.3. The van der Waals surface area contributed by atoms with Gasteiger partial charge in [-0.05, 0) is 25.0 Å². The fraction of sp³-hybridized carbons (Fsp3) is 0.500. The molecule has 0 aliphatic rings. The number of esters is 1. The lowest BCUT2D eigenvalue weighted by atomic mass is 10.1. The summed E-state index contributed by atoms with van der Waals surface area (Å²) in [6, 6.07) is 6.07. The van der Waals surface area contributed by atoms with Gasteiger partial charge in [-0.25, -0.2) is 9.59 Å². The van der Waals surface area contributed by atoms with Crippen molar-refractivity contribution in [2.45, 2.75) is 58.3 Å². The topological polar surface area (TPSA) is 63.6 Å². The summed E-state index contributed by atoms with van der Waals surface area (Å²) < 4.78 is 5.10. The average Bonchev–Trinajstić information content (AvgIpc) is 2.59. The zero-order valence-electron chi connectivity index (χ0n) is 14.5. The van der Waals surface area contributed by atoms with Crippen LogP contribution < -0.4 is 0 Å². The van der Waals surface area contributed by atoms with Crippen LogP contribution in [0.5, 0.6) is 0 Å². The van der Waals surface area contributed by atoms with Crippen LogP contribution in [0.4, 0.5) is 0 Å². The highest BCUT2D eigenvalue weighted by Crippen LogP contribution is 2.11. The molecule has 1 aromatic carbocycles. The molecule has 0 atom stereocenters. The first-order chi connectivity index (χ1) is 11.7. The Labute approximate surface area is 144 Å². The van der Waals surface area contributed by atoms with Crippen LogP contribution in [-0.2, 0) is 4.74 Å². The smallest absolute Gasteiger partial charge is 0.339 e. The Balaban J connectivity index is 2.19. The summed E-state index contributed by atoms with van der Waals surface area (Å²) in [7, 11) is 0. The largest absolute Gasteiger partial charge is 0.478 e. The molecule has 1 N–H and O–H groups in total. The predicted octanol–water partition coefficient (Wildman–Crippen LogP) is 5.24. The van der Waals surface area contributed by atoms with Crippen molar-refractivity contribution < 1.29 is 19.4 Å². The first-order valence-electron chi connectivity index (χ1n) is 8.81. The highest BCUT2D eigenvalue weighted by atomic mass is 16.5. The molecule has 0 heterocycles. The lowest BCUT2D eigenvalue weighted by molar-refractivity contribution is 0.0536. The molecule has 24 heavy (non-hydrogen) atoms. The lowest BCUT2D eigenvalue weighted by Crippen LogP contribution is -2.11. The van der Waals surface area contributed by atoms with Gasteiger partial charge in [0.25, 0.3) is 0 Å². The van der Waals surface area contributed by atoms with Crippen LogP contribution in [0.1, 0.15) is 79.0 Å². The molecule has 0 spiro atoms. The first kappa shape index (κ1) is 19.9. The van der Waals surface area contributed by atoms with Gasteiger partial charge in [0.1, 0.15) is 6.61 Å².